The maximum Gasteiger partial charge on any atom is 0.0437 e. The molecule has 1 heterocycles. The maximum absolute atomic E-state index is 8.46. The first-order valence-electron chi connectivity index (χ1n) is 3.04. The van der Waals surface area contributed by atoms with Crippen molar-refractivity contribution in [3.8, 4) is 0 Å². The van der Waals surface area contributed by atoms with Gasteiger partial charge in [0.05, 0.1) is 0 Å². The minimum absolute atomic E-state index is 0.302. The molecule has 46 valence electrons. The molecule has 2 heteroatoms. The van der Waals surface area contributed by atoms with Gasteiger partial charge in [0.15, 0.2) is 0 Å². The van der Waals surface area contributed by atoms with Crippen LogP contribution >= 0.6 is 0 Å². The molecule has 8 heavy (non-hydrogen) atoms. The van der Waals surface area contributed by atoms with Gasteiger partial charge in [-0.1, -0.05) is 0 Å². The van der Waals surface area contributed by atoms with Gasteiger partial charge < -0.3 is 5.11 Å². The second-order valence-corrected chi connectivity index (χ2v) is 2.12. The highest BCUT2D eigenvalue weighted by Crippen LogP contribution is 2.10. The molecule has 0 aromatic rings. The molecule has 1 rings (SSSR count). The van der Waals surface area contributed by atoms with Gasteiger partial charge in [-0.15, -0.1) is 0 Å². The molecule has 1 aliphatic rings. The van der Waals surface area contributed by atoms with Crippen LogP contribution in [-0.2, 0) is 0 Å². The van der Waals surface area contributed by atoms with Gasteiger partial charge in [0.25, 0.3) is 0 Å². The summed E-state index contributed by atoms with van der Waals surface area (Å²) in [5.74, 6) is 0.569. The van der Waals surface area contributed by atoms with Gasteiger partial charge in [-0.05, 0) is 18.8 Å². The fourth-order valence-corrected chi connectivity index (χ4v) is 0.923. The summed E-state index contributed by atoms with van der Waals surface area (Å²) in [6, 6.07) is 0. The molecular weight excluding hydrogens is 102 g/mol. The zero-order chi connectivity index (χ0) is 5.82. The van der Waals surface area contributed by atoms with Gasteiger partial charge in [0.1, 0.15) is 0 Å². The normalized spacial score (nSPS) is 26.9. The summed E-state index contributed by atoms with van der Waals surface area (Å²) < 4.78 is 0. The van der Waals surface area contributed by atoms with E-state index in [4.69, 9.17) is 5.11 Å². The van der Waals surface area contributed by atoms with Gasteiger partial charge in [-0.3, -0.25) is 4.99 Å². The molecule has 0 unspecified atom stereocenters. The Kier molecular flexibility index (Phi) is 2.03. The molecule has 0 aromatic carbocycles. The van der Waals surface area contributed by atoms with Crippen LogP contribution < -0.4 is 0 Å². The summed E-state index contributed by atoms with van der Waals surface area (Å²) in [4.78, 5) is 4.05. The molecule has 0 saturated carbocycles. The Hall–Kier alpha value is -0.370. The third kappa shape index (κ3) is 1.30. The van der Waals surface area contributed by atoms with E-state index in [1.807, 2.05) is 6.21 Å². The monoisotopic (exact) mass is 113 g/mol. The highest BCUT2D eigenvalue weighted by atomic mass is 16.3. The van der Waals surface area contributed by atoms with E-state index in [9.17, 15) is 0 Å². The second kappa shape index (κ2) is 2.82. The fraction of sp³-hybridized carbons (Fsp3) is 0.833. The molecule has 1 N–H and O–H groups in total. The molecule has 1 aliphatic heterocycles. The summed E-state index contributed by atoms with van der Waals surface area (Å²) in [6.45, 7) is 1.27. The molecule has 0 saturated heterocycles. The summed E-state index contributed by atoms with van der Waals surface area (Å²) >= 11 is 0. The Labute approximate surface area is 49.2 Å². The number of rotatable bonds is 2. The van der Waals surface area contributed by atoms with Crippen molar-refractivity contribution in [2.24, 2.45) is 10.9 Å². The van der Waals surface area contributed by atoms with Crippen molar-refractivity contribution in [3.05, 3.63) is 0 Å². The van der Waals surface area contributed by atoms with Crippen LogP contribution in [0.2, 0.25) is 0 Å². The van der Waals surface area contributed by atoms with Crippen molar-refractivity contribution < 1.29 is 5.11 Å². The van der Waals surface area contributed by atoms with Crippen LogP contribution in [0.1, 0.15) is 12.8 Å². The number of aliphatic imine (C=N–C) groups is 1. The Bertz CT molecular complexity index is 90.5. The molecular formula is C6H11NO. The van der Waals surface area contributed by atoms with Crippen LogP contribution in [0.5, 0.6) is 0 Å². The second-order valence-electron chi connectivity index (χ2n) is 2.12. The lowest BCUT2D eigenvalue weighted by Gasteiger charge is -1.99. The van der Waals surface area contributed by atoms with E-state index in [1.165, 1.54) is 0 Å². The number of hydrogen-bond donors (Lipinski definition) is 1. The Morgan fingerprint density at radius 1 is 1.75 bits per heavy atom. The minimum Gasteiger partial charge on any atom is -0.396 e. The molecule has 0 fully saturated rings. The van der Waals surface area contributed by atoms with Crippen LogP contribution in [-0.4, -0.2) is 24.5 Å². The molecule has 1 atom stereocenters. The lowest BCUT2D eigenvalue weighted by molar-refractivity contribution is 0.274. The van der Waals surface area contributed by atoms with Gasteiger partial charge in [0.2, 0.25) is 0 Å². The van der Waals surface area contributed by atoms with Crippen LogP contribution in [0.4, 0.5) is 0 Å². The molecule has 0 aromatic heterocycles. The van der Waals surface area contributed by atoms with Crippen LogP contribution in [0.15, 0.2) is 4.99 Å². The lowest BCUT2D eigenvalue weighted by atomic mass is 10.1. The summed E-state index contributed by atoms with van der Waals surface area (Å²) in [6.07, 6.45) is 3.99. The van der Waals surface area contributed by atoms with Crippen LogP contribution in [0.25, 0.3) is 0 Å². The van der Waals surface area contributed by atoms with Crippen LogP contribution in [0, 0.1) is 5.92 Å². The van der Waals surface area contributed by atoms with Gasteiger partial charge in [-0.25, -0.2) is 0 Å². The quantitative estimate of drug-likeness (QED) is 0.554. The van der Waals surface area contributed by atoms with Crippen LogP contribution in [0.3, 0.4) is 0 Å². The summed E-state index contributed by atoms with van der Waals surface area (Å²) in [7, 11) is 0. The smallest absolute Gasteiger partial charge is 0.0437 e. The largest absolute Gasteiger partial charge is 0.396 e. The topological polar surface area (TPSA) is 32.6 Å². The van der Waals surface area contributed by atoms with Crippen molar-refractivity contribution in [2.45, 2.75) is 12.8 Å². The van der Waals surface area contributed by atoms with E-state index in [0.29, 0.717) is 12.5 Å². The van der Waals surface area contributed by atoms with Gasteiger partial charge in [0, 0.05) is 19.4 Å². The van der Waals surface area contributed by atoms with Crippen molar-refractivity contribution in [3.63, 3.8) is 0 Å². The molecule has 0 aliphatic carbocycles. The Morgan fingerprint density at radius 2 is 2.62 bits per heavy atom. The van der Waals surface area contributed by atoms with E-state index in [-0.39, 0.29) is 0 Å². The summed E-state index contributed by atoms with van der Waals surface area (Å²) in [5, 5.41) is 8.46. The summed E-state index contributed by atoms with van der Waals surface area (Å²) in [5.41, 5.74) is 0. The zero-order valence-corrected chi connectivity index (χ0v) is 4.88. The highest BCUT2D eigenvalue weighted by Gasteiger charge is 2.07. The maximum atomic E-state index is 8.46. The van der Waals surface area contributed by atoms with Crippen molar-refractivity contribution >= 4 is 6.21 Å². The zero-order valence-electron chi connectivity index (χ0n) is 4.88. The first kappa shape index (κ1) is 5.76. The van der Waals surface area contributed by atoms with E-state index >= 15 is 0 Å². The first-order chi connectivity index (χ1) is 3.93. The molecule has 0 amide bonds. The Balaban J connectivity index is 2.16. The van der Waals surface area contributed by atoms with E-state index in [0.717, 1.165) is 19.4 Å². The molecule has 2 nitrogen and oxygen atoms in total. The predicted octanol–water partition coefficient (Wildman–Crippen LogP) is 0.460. The minimum atomic E-state index is 0.302. The third-order valence-corrected chi connectivity index (χ3v) is 1.45. The predicted molar refractivity (Wildman–Crippen MR) is 33.2 cm³/mol. The molecule has 0 bridgehead atoms. The first-order valence-corrected chi connectivity index (χ1v) is 3.04. The number of hydrogen-bond acceptors (Lipinski definition) is 2. The SMILES string of the molecule is OCC[C@H]1C=NCC1. The average molecular weight is 113 g/mol. The van der Waals surface area contributed by atoms with Crippen molar-refractivity contribution in [2.75, 3.05) is 13.2 Å². The number of nitrogens with zero attached hydrogens (tertiary/aromatic N) is 1. The Morgan fingerprint density at radius 3 is 3.12 bits per heavy atom. The standard InChI is InChI=1S/C6H11NO/c8-4-2-6-1-3-7-5-6/h5-6,8H,1-4H2/t6-/m0/s1. The van der Waals surface area contributed by atoms with Crippen molar-refractivity contribution in [1.29, 1.82) is 0 Å². The number of aliphatic hydroxyl groups excluding tert-OH is 1. The van der Waals surface area contributed by atoms with Gasteiger partial charge >= 0.3 is 0 Å². The van der Waals surface area contributed by atoms with Gasteiger partial charge in [-0.2, -0.15) is 0 Å². The van der Waals surface area contributed by atoms with E-state index in [1.54, 1.807) is 0 Å². The lowest BCUT2D eigenvalue weighted by Crippen LogP contribution is -1.99. The van der Waals surface area contributed by atoms with E-state index < -0.39 is 0 Å². The number of aliphatic hydroxyl groups is 1. The van der Waals surface area contributed by atoms with E-state index in [2.05, 4.69) is 4.99 Å². The van der Waals surface area contributed by atoms with Crippen molar-refractivity contribution in [1.82, 2.24) is 0 Å². The third-order valence-electron chi connectivity index (χ3n) is 1.45. The average Bonchev–Trinajstić information content (AvgIpc) is 2.19. The highest BCUT2D eigenvalue weighted by molar-refractivity contribution is 5.62. The molecule has 0 spiro atoms. The molecule has 0 radical (unpaired) electrons. The fourth-order valence-electron chi connectivity index (χ4n) is 0.923.